The van der Waals surface area contributed by atoms with Gasteiger partial charge in [0.1, 0.15) is 5.82 Å². The van der Waals surface area contributed by atoms with Crippen molar-refractivity contribution in [1.29, 1.82) is 0 Å². The highest BCUT2D eigenvalue weighted by Crippen LogP contribution is 2.82. The van der Waals surface area contributed by atoms with Gasteiger partial charge in [0.25, 0.3) is 0 Å². The summed E-state index contributed by atoms with van der Waals surface area (Å²) in [4.78, 5) is 0. The van der Waals surface area contributed by atoms with Crippen LogP contribution in [0.5, 0.6) is 0 Å². The third-order valence-corrected chi connectivity index (χ3v) is 4.53. The van der Waals surface area contributed by atoms with E-state index in [-0.39, 0.29) is 30.5 Å². The van der Waals surface area contributed by atoms with Crippen LogP contribution < -0.4 is 0 Å². The molecule has 3 aliphatic carbocycles. The van der Waals surface area contributed by atoms with Gasteiger partial charge in [-0.2, -0.15) is 0 Å². The Bertz CT molecular complexity index is 472. The quantitative estimate of drug-likeness (QED) is 0.540. The number of hydrogen-bond acceptors (Lipinski definition) is 0. The summed E-state index contributed by atoms with van der Waals surface area (Å²) in [6.45, 7) is -2.96. The van der Waals surface area contributed by atoms with Crippen molar-refractivity contribution in [3.05, 3.63) is 35.1 Å². The Morgan fingerprint density at radius 1 is 1.12 bits per heavy atom. The fourth-order valence-electron chi connectivity index (χ4n) is 3.72. The van der Waals surface area contributed by atoms with Gasteiger partial charge in [-0.15, -0.1) is 0 Å². The molecule has 0 radical (unpaired) electrons. The molecule has 3 aliphatic rings. The van der Waals surface area contributed by atoms with Gasteiger partial charge in [-0.25, -0.2) is 4.39 Å². The molecule has 0 saturated heterocycles. The van der Waals surface area contributed by atoms with E-state index in [9.17, 15) is 17.3 Å². The van der Waals surface area contributed by atoms with Crippen LogP contribution in [0, 0.1) is 12.7 Å². The molecule has 0 atom stereocenters. The third kappa shape index (κ3) is 1.25. The molecule has 4 rings (SSSR count). The fraction of sp³-hybridized carbons (Fsp3) is 0.500. The van der Waals surface area contributed by atoms with Crippen molar-refractivity contribution in [2.75, 3.05) is 0 Å². The first-order valence-corrected chi connectivity index (χ1v) is 5.74. The van der Waals surface area contributed by atoms with E-state index in [1.54, 1.807) is 13.0 Å². The number of hydrogen-bond donors (Lipinski definition) is 0. The monoisotopic (exact) mass is 243 g/mol. The first kappa shape index (κ1) is 11.1. The fourth-order valence-corrected chi connectivity index (χ4v) is 3.72. The lowest BCUT2D eigenvalue weighted by molar-refractivity contribution is -0.0405. The van der Waals surface area contributed by atoms with Crippen molar-refractivity contribution in [2.45, 2.75) is 36.9 Å². The average molecular weight is 243 g/mol. The van der Waals surface area contributed by atoms with Crippen LogP contribution in [0.4, 0.5) is 17.3 Å². The second-order valence-corrected chi connectivity index (χ2v) is 5.71. The van der Waals surface area contributed by atoms with Crippen molar-refractivity contribution in [2.24, 2.45) is 0 Å². The zero-order chi connectivity index (χ0) is 12.5. The van der Waals surface area contributed by atoms with Crippen molar-refractivity contribution in [3.8, 4) is 0 Å². The molecule has 1 aromatic rings. The van der Waals surface area contributed by atoms with E-state index in [2.05, 4.69) is 0 Å². The summed E-state index contributed by atoms with van der Waals surface area (Å²) in [6, 6.07) is 4.40. The topological polar surface area (TPSA) is 0 Å². The van der Waals surface area contributed by atoms with Gasteiger partial charge in [0, 0.05) is 0 Å². The van der Waals surface area contributed by atoms with Crippen molar-refractivity contribution < 1.29 is 17.3 Å². The molecular weight excluding hydrogens is 231 g/mol. The molecule has 0 spiro atoms. The van der Waals surface area contributed by atoms with E-state index in [1.807, 2.05) is 0 Å². The number of benzene rings is 1. The molecular formula is C12H12BF4-. The Balaban J connectivity index is 1.87. The molecule has 0 aliphatic heterocycles. The highest BCUT2D eigenvalue weighted by molar-refractivity contribution is 6.63. The second kappa shape index (κ2) is 2.87. The molecule has 3 fully saturated rings. The summed E-state index contributed by atoms with van der Waals surface area (Å²) in [7, 11) is 0. The van der Waals surface area contributed by atoms with E-state index in [0.29, 0.717) is 0 Å². The van der Waals surface area contributed by atoms with Crippen LogP contribution in [0.25, 0.3) is 0 Å². The first-order valence-electron chi connectivity index (χ1n) is 5.74. The lowest BCUT2D eigenvalue weighted by Gasteiger charge is -2.75. The van der Waals surface area contributed by atoms with Gasteiger partial charge in [-0.3, -0.25) is 0 Å². The molecule has 17 heavy (non-hydrogen) atoms. The van der Waals surface area contributed by atoms with Gasteiger partial charge in [-0.05, 0) is 35.6 Å². The predicted octanol–water partition coefficient (Wildman–Crippen LogP) is 4.16. The van der Waals surface area contributed by atoms with Gasteiger partial charge in [0.2, 0.25) is 0 Å². The molecule has 0 N–H and O–H groups in total. The molecule has 2 bridgehead atoms. The Morgan fingerprint density at radius 2 is 1.71 bits per heavy atom. The molecule has 0 nitrogen and oxygen atoms in total. The Labute approximate surface area is 97.1 Å². The van der Waals surface area contributed by atoms with Crippen LogP contribution in [0.15, 0.2) is 18.2 Å². The van der Waals surface area contributed by atoms with E-state index < -0.39 is 12.3 Å². The van der Waals surface area contributed by atoms with Gasteiger partial charge >= 0.3 is 6.98 Å². The van der Waals surface area contributed by atoms with E-state index in [0.717, 1.165) is 11.1 Å². The normalized spacial score (nSPS) is 35.1. The zero-order valence-corrected chi connectivity index (χ0v) is 9.44. The number of aryl methyl sites for hydroxylation is 1. The molecule has 3 saturated carbocycles. The summed E-state index contributed by atoms with van der Waals surface area (Å²) in [6.07, 6.45) is 0.613. The van der Waals surface area contributed by atoms with E-state index >= 15 is 0 Å². The molecule has 0 unspecified atom stereocenters. The molecule has 0 aromatic heterocycles. The summed E-state index contributed by atoms with van der Waals surface area (Å²) >= 11 is 0. The first-order chi connectivity index (χ1) is 7.78. The molecule has 0 amide bonds. The lowest BCUT2D eigenvalue weighted by atomic mass is 9.23. The highest BCUT2D eigenvalue weighted by atomic mass is 19.4. The van der Waals surface area contributed by atoms with Crippen LogP contribution in [-0.2, 0) is 5.41 Å². The number of halogens is 4. The molecule has 1 aromatic carbocycles. The zero-order valence-electron chi connectivity index (χ0n) is 9.44. The standard InChI is InChI=1S/C12H12BF4/c1-8-4-9(14)2-3-10(8)11-5-12(6-11,7-11)13(15,16)17/h2-4H,5-7H2,1H3/q-1. The number of rotatable bonds is 2. The summed E-state index contributed by atoms with van der Waals surface area (Å²) in [5.74, 6) is -0.326. The predicted molar refractivity (Wildman–Crippen MR) is 58.4 cm³/mol. The summed E-state index contributed by atoms with van der Waals surface area (Å²) in [5.41, 5.74) is 1.36. The van der Waals surface area contributed by atoms with Gasteiger partial charge in [-0.1, -0.05) is 30.6 Å². The second-order valence-electron chi connectivity index (χ2n) is 5.71. The van der Waals surface area contributed by atoms with Crippen LogP contribution in [-0.4, -0.2) is 6.98 Å². The van der Waals surface area contributed by atoms with Crippen molar-refractivity contribution in [3.63, 3.8) is 0 Å². The Kier molecular flexibility index (Phi) is 1.88. The third-order valence-electron chi connectivity index (χ3n) is 4.53. The minimum Gasteiger partial charge on any atom is -0.449 e. The van der Waals surface area contributed by atoms with E-state index in [4.69, 9.17) is 0 Å². The Hall–Kier alpha value is -0.995. The minimum absolute atomic E-state index is 0.204. The molecule has 92 valence electrons. The largest absolute Gasteiger partial charge is 0.484 e. The molecule has 5 heteroatoms. The van der Waals surface area contributed by atoms with Crippen LogP contribution in [0.2, 0.25) is 5.31 Å². The maximum Gasteiger partial charge on any atom is 0.484 e. The molecule has 0 heterocycles. The maximum absolute atomic E-state index is 13.0. The summed E-state index contributed by atoms with van der Waals surface area (Å²) < 4.78 is 51.3. The van der Waals surface area contributed by atoms with Crippen LogP contribution in [0.1, 0.15) is 30.4 Å². The van der Waals surface area contributed by atoms with Crippen LogP contribution >= 0.6 is 0 Å². The van der Waals surface area contributed by atoms with Gasteiger partial charge in [0.05, 0.1) is 0 Å². The lowest BCUT2D eigenvalue weighted by Crippen LogP contribution is -2.67. The Morgan fingerprint density at radius 3 is 2.18 bits per heavy atom. The summed E-state index contributed by atoms with van der Waals surface area (Å²) in [5, 5.41) is -1.37. The van der Waals surface area contributed by atoms with Crippen LogP contribution in [0.3, 0.4) is 0 Å². The van der Waals surface area contributed by atoms with Gasteiger partial charge < -0.3 is 12.9 Å². The van der Waals surface area contributed by atoms with E-state index in [1.165, 1.54) is 12.1 Å². The van der Waals surface area contributed by atoms with Gasteiger partial charge in [0.15, 0.2) is 0 Å². The SMILES string of the molecule is Cc1cc(F)ccc1C12CC([B-](F)(F)F)(C1)C2. The minimum atomic E-state index is -4.73. The smallest absolute Gasteiger partial charge is 0.449 e. The maximum atomic E-state index is 13.0. The highest BCUT2D eigenvalue weighted by Gasteiger charge is 2.74. The van der Waals surface area contributed by atoms with Crippen molar-refractivity contribution >= 4 is 6.98 Å². The van der Waals surface area contributed by atoms with Crippen molar-refractivity contribution in [1.82, 2.24) is 0 Å². The average Bonchev–Trinajstić information content (AvgIpc) is 2.01.